The van der Waals surface area contributed by atoms with Crippen LogP contribution in [0.5, 0.6) is 0 Å². The Bertz CT molecular complexity index is 423. The first kappa shape index (κ1) is 15.0. The molecule has 1 aromatic heterocycles. The number of aryl methyl sites for hydroxylation is 1. The standard InChI is InChI=1S/C15H25N3O2/c1-3-4-5-12-6-8-13(9-7-12)15(19)16-10-14-17-11(2)18-20-14/h12-13H,3-10H2,1-2H3,(H,16,19). The van der Waals surface area contributed by atoms with Crippen LogP contribution < -0.4 is 5.32 Å². The largest absolute Gasteiger partial charge is 0.347 e. The van der Waals surface area contributed by atoms with Crippen molar-refractivity contribution in [3.63, 3.8) is 0 Å². The lowest BCUT2D eigenvalue weighted by molar-refractivity contribution is -0.126. The van der Waals surface area contributed by atoms with Crippen molar-refractivity contribution in [3.8, 4) is 0 Å². The van der Waals surface area contributed by atoms with Gasteiger partial charge in [-0.2, -0.15) is 4.98 Å². The van der Waals surface area contributed by atoms with Gasteiger partial charge in [-0.25, -0.2) is 0 Å². The predicted octanol–water partition coefficient (Wildman–Crippen LogP) is 2.99. The topological polar surface area (TPSA) is 68.0 Å². The van der Waals surface area contributed by atoms with Gasteiger partial charge in [0.05, 0.1) is 6.54 Å². The Hall–Kier alpha value is -1.39. The van der Waals surface area contributed by atoms with E-state index in [1.165, 1.54) is 32.1 Å². The van der Waals surface area contributed by atoms with E-state index in [1.807, 2.05) is 0 Å². The van der Waals surface area contributed by atoms with Crippen LogP contribution in [0.2, 0.25) is 0 Å². The van der Waals surface area contributed by atoms with Gasteiger partial charge in [0.1, 0.15) is 0 Å². The van der Waals surface area contributed by atoms with Crippen molar-refractivity contribution in [2.24, 2.45) is 11.8 Å². The average Bonchev–Trinajstić information content (AvgIpc) is 2.89. The summed E-state index contributed by atoms with van der Waals surface area (Å²) in [4.78, 5) is 16.2. The first-order valence-corrected chi connectivity index (χ1v) is 7.76. The number of aromatic nitrogens is 2. The van der Waals surface area contributed by atoms with Crippen LogP contribution in [0, 0.1) is 18.8 Å². The summed E-state index contributed by atoms with van der Waals surface area (Å²) in [5.74, 6) is 2.21. The maximum Gasteiger partial charge on any atom is 0.246 e. The first-order valence-electron chi connectivity index (χ1n) is 7.76. The summed E-state index contributed by atoms with van der Waals surface area (Å²) in [5, 5.41) is 6.61. The van der Waals surface area contributed by atoms with Gasteiger partial charge in [0, 0.05) is 5.92 Å². The van der Waals surface area contributed by atoms with Crippen LogP contribution >= 0.6 is 0 Å². The van der Waals surface area contributed by atoms with Gasteiger partial charge < -0.3 is 9.84 Å². The normalized spacial score (nSPS) is 22.7. The lowest BCUT2D eigenvalue weighted by atomic mass is 9.79. The Labute approximate surface area is 120 Å². The molecule has 0 bridgehead atoms. The molecule has 1 fully saturated rings. The molecule has 1 saturated carbocycles. The van der Waals surface area contributed by atoms with E-state index in [2.05, 4.69) is 22.4 Å². The molecule has 0 radical (unpaired) electrons. The van der Waals surface area contributed by atoms with Crippen molar-refractivity contribution in [2.75, 3.05) is 0 Å². The fourth-order valence-corrected chi connectivity index (χ4v) is 2.93. The zero-order valence-corrected chi connectivity index (χ0v) is 12.5. The van der Waals surface area contributed by atoms with Gasteiger partial charge in [-0.3, -0.25) is 4.79 Å². The van der Waals surface area contributed by atoms with Gasteiger partial charge in [-0.05, 0) is 38.5 Å². The Morgan fingerprint density at radius 1 is 1.35 bits per heavy atom. The Morgan fingerprint density at radius 2 is 2.10 bits per heavy atom. The van der Waals surface area contributed by atoms with Gasteiger partial charge >= 0.3 is 0 Å². The van der Waals surface area contributed by atoms with E-state index in [-0.39, 0.29) is 11.8 Å². The molecular formula is C15H25N3O2. The molecule has 0 saturated heterocycles. The fourth-order valence-electron chi connectivity index (χ4n) is 2.93. The van der Waals surface area contributed by atoms with E-state index in [9.17, 15) is 4.79 Å². The minimum atomic E-state index is 0.134. The highest BCUT2D eigenvalue weighted by atomic mass is 16.5. The van der Waals surface area contributed by atoms with E-state index in [4.69, 9.17) is 4.52 Å². The number of nitrogens with one attached hydrogen (secondary N) is 1. The predicted molar refractivity (Wildman–Crippen MR) is 75.9 cm³/mol. The molecule has 0 spiro atoms. The molecule has 5 nitrogen and oxygen atoms in total. The SMILES string of the molecule is CCCCC1CCC(C(=O)NCc2nc(C)no2)CC1. The molecule has 1 amide bonds. The Kier molecular flexibility index (Phi) is 5.56. The van der Waals surface area contributed by atoms with Crippen LogP contribution in [0.25, 0.3) is 0 Å². The zero-order chi connectivity index (χ0) is 14.4. The van der Waals surface area contributed by atoms with Crippen molar-refractivity contribution in [2.45, 2.75) is 65.3 Å². The molecule has 5 heteroatoms. The van der Waals surface area contributed by atoms with Crippen molar-refractivity contribution in [1.29, 1.82) is 0 Å². The summed E-state index contributed by atoms with van der Waals surface area (Å²) in [5.41, 5.74) is 0. The number of amides is 1. The van der Waals surface area contributed by atoms with Gasteiger partial charge in [-0.15, -0.1) is 0 Å². The molecule has 1 N–H and O–H groups in total. The molecule has 20 heavy (non-hydrogen) atoms. The van der Waals surface area contributed by atoms with E-state index in [0.29, 0.717) is 18.3 Å². The number of carbonyl (C=O) groups is 1. The van der Waals surface area contributed by atoms with Crippen LogP contribution in [0.3, 0.4) is 0 Å². The molecule has 0 aromatic carbocycles. The fraction of sp³-hybridized carbons (Fsp3) is 0.800. The van der Waals surface area contributed by atoms with Gasteiger partial charge in [0.25, 0.3) is 0 Å². The molecule has 0 aliphatic heterocycles. The number of nitrogens with zero attached hydrogens (tertiary/aromatic N) is 2. The first-order chi connectivity index (χ1) is 9.69. The third-order valence-corrected chi connectivity index (χ3v) is 4.17. The molecule has 1 aliphatic carbocycles. The van der Waals surface area contributed by atoms with Crippen LogP contribution in [-0.2, 0) is 11.3 Å². The number of unbranched alkanes of at least 4 members (excludes halogenated alkanes) is 1. The average molecular weight is 279 g/mol. The molecule has 0 unspecified atom stereocenters. The molecule has 1 aromatic rings. The number of hydrogen-bond acceptors (Lipinski definition) is 4. The van der Waals surface area contributed by atoms with E-state index in [0.717, 1.165) is 18.8 Å². The monoisotopic (exact) mass is 279 g/mol. The zero-order valence-electron chi connectivity index (χ0n) is 12.5. The van der Waals surface area contributed by atoms with Crippen LogP contribution in [0.15, 0.2) is 4.52 Å². The highest BCUT2D eigenvalue weighted by molar-refractivity contribution is 5.78. The van der Waals surface area contributed by atoms with Crippen LogP contribution in [-0.4, -0.2) is 16.0 Å². The smallest absolute Gasteiger partial charge is 0.246 e. The summed E-state index contributed by atoms with van der Waals surface area (Å²) in [7, 11) is 0. The minimum Gasteiger partial charge on any atom is -0.347 e. The Balaban J connectivity index is 1.69. The number of rotatable bonds is 6. The van der Waals surface area contributed by atoms with Gasteiger partial charge in [0.2, 0.25) is 11.8 Å². The molecule has 1 aliphatic rings. The van der Waals surface area contributed by atoms with Gasteiger partial charge in [-0.1, -0.05) is 31.3 Å². The third-order valence-electron chi connectivity index (χ3n) is 4.17. The minimum absolute atomic E-state index is 0.134. The van der Waals surface area contributed by atoms with Crippen molar-refractivity contribution < 1.29 is 9.32 Å². The molecule has 2 rings (SSSR count). The quantitative estimate of drug-likeness (QED) is 0.869. The van der Waals surface area contributed by atoms with Crippen molar-refractivity contribution in [1.82, 2.24) is 15.5 Å². The molecule has 112 valence electrons. The summed E-state index contributed by atoms with van der Waals surface area (Å²) < 4.78 is 4.99. The van der Waals surface area contributed by atoms with Crippen molar-refractivity contribution in [3.05, 3.63) is 11.7 Å². The summed E-state index contributed by atoms with van der Waals surface area (Å²) in [6.45, 7) is 4.35. The third kappa shape index (κ3) is 4.32. The Morgan fingerprint density at radius 3 is 2.70 bits per heavy atom. The molecular weight excluding hydrogens is 254 g/mol. The highest BCUT2D eigenvalue weighted by Crippen LogP contribution is 2.31. The second-order valence-corrected chi connectivity index (χ2v) is 5.81. The maximum absolute atomic E-state index is 12.1. The van der Waals surface area contributed by atoms with Crippen LogP contribution in [0.1, 0.15) is 63.6 Å². The lowest BCUT2D eigenvalue weighted by Crippen LogP contribution is -2.32. The van der Waals surface area contributed by atoms with Crippen LogP contribution in [0.4, 0.5) is 0 Å². The van der Waals surface area contributed by atoms with E-state index >= 15 is 0 Å². The van der Waals surface area contributed by atoms with Crippen molar-refractivity contribution >= 4 is 5.91 Å². The van der Waals surface area contributed by atoms with E-state index < -0.39 is 0 Å². The summed E-state index contributed by atoms with van der Waals surface area (Å²) in [6, 6.07) is 0. The molecule has 0 atom stereocenters. The summed E-state index contributed by atoms with van der Waals surface area (Å²) in [6.07, 6.45) is 8.33. The van der Waals surface area contributed by atoms with E-state index in [1.54, 1.807) is 6.92 Å². The summed E-state index contributed by atoms with van der Waals surface area (Å²) >= 11 is 0. The second-order valence-electron chi connectivity index (χ2n) is 5.81. The lowest BCUT2D eigenvalue weighted by Gasteiger charge is -2.27. The molecule has 1 heterocycles. The second kappa shape index (κ2) is 7.41. The number of carbonyl (C=O) groups excluding carboxylic acids is 1. The number of hydrogen-bond donors (Lipinski definition) is 1. The van der Waals surface area contributed by atoms with Gasteiger partial charge in [0.15, 0.2) is 5.82 Å². The maximum atomic E-state index is 12.1. The highest BCUT2D eigenvalue weighted by Gasteiger charge is 2.25.